The Balaban J connectivity index is 3.07. The summed E-state index contributed by atoms with van der Waals surface area (Å²) < 4.78 is 10.1. The Hall–Kier alpha value is -0.750. The summed E-state index contributed by atoms with van der Waals surface area (Å²) in [6, 6.07) is 0. The van der Waals surface area contributed by atoms with E-state index in [-0.39, 0.29) is 12.4 Å². The first-order valence-electron chi connectivity index (χ1n) is 4.50. The van der Waals surface area contributed by atoms with Gasteiger partial charge >= 0.3 is 0 Å². The maximum Gasteiger partial charge on any atom is 0.155 e. The van der Waals surface area contributed by atoms with Gasteiger partial charge in [-0.25, -0.2) is 0 Å². The lowest BCUT2D eigenvalue weighted by molar-refractivity contribution is -0.121. The molecular formula is C9H18N2O3. The van der Waals surface area contributed by atoms with Gasteiger partial charge in [-0.2, -0.15) is 0 Å². The molecule has 0 unspecified atom stereocenters. The predicted octanol–water partition coefficient (Wildman–Crippen LogP) is -0.372. The highest BCUT2D eigenvalue weighted by Gasteiger charge is 1.89. The van der Waals surface area contributed by atoms with E-state index < -0.39 is 0 Å². The molecular weight excluding hydrogens is 184 g/mol. The Labute approximate surface area is 84.2 Å². The van der Waals surface area contributed by atoms with Gasteiger partial charge in [-0.3, -0.25) is 16.1 Å². The molecule has 0 heterocycles. The van der Waals surface area contributed by atoms with Crippen LogP contribution in [0.1, 0.15) is 6.92 Å². The van der Waals surface area contributed by atoms with Gasteiger partial charge in [-0.05, 0) is 6.92 Å². The van der Waals surface area contributed by atoms with Gasteiger partial charge in [0, 0.05) is 6.54 Å². The number of hydrogen-bond donors (Lipinski definition) is 2. The molecule has 5 heteroatoms. The van der Waals surface area contributed by atoms with Crippen molar-refractivity contribution in [2.24, 2.45) is 5.84 Å². The topological polar surface area (TPSA) is 73.6 Å². The predicted molar refractivity (Wildman–Crippen MR) is 53.6 cm³/mol. The van der Waals surface area contributed by atoms with Crippen molar-refractivity contribution in [2.45, 2.75) is 6.92 Å². The van der Waals surface area contributed by atoms with Gasteiger partial charge < -0.3 is 9.47 Å². The summed E-state index contributed by atoms with van der Waals surface area (Å²) in [7, 11) is 0. The third-order valence-electron chi connectivity index (χ3n) is 1.29. The minimum absolute atomic E-state index is 0.0312. The molecule has 0 aromatic heterocycles. The quantitative estimate of drug-likeness (QED) is 0.231. The van der Waals surface area contributed by atoms with Gasteiger partial charge in [0.05, 0.1) is 19.8 Å². The molecule has 14 heavy (non-hydrogen) atoms. The standard InChI is InChI=1S/C9H18N2O3/c1-9(12)8-14-6-3-2-5-13-7-4-11-10/h2-3,11H,4-8,10H2,1H3/b3-2-. The van der Waals surface area contributed by atoms with Crippen LogP contribution in [0.15, 0.2) is 12.2 Å². The number of ketones is 1. The van der Waals surface area contributed by atoms with Crippen LogP contribution < -0.4 is 11.3 Å². The second kappa shape index (κ2) is 10.3. The molecule has 0 aliphatic rings. The molecule has 0 aromatic carbocycles. The first kappa shape index (κ1) is 13.2. The van der Waals surface area contributed by atoms with Crippen LogP contribution in [0.4, 0.5) is 0 Å². The van der Waals surface area contributed by atoms with E-state index in [2.05, 4.69) is 5.43 Å². The van der Waals surface area contributed by atoms with Crippen molar-refractivity contribution in [1.82, 2.24) is 5.43 Å². The van der Waals surface area contributed by atoms with Crippen LogP contribution in [-0.4, -0.2) is 38.8 Å². The van der Waals surface area contributed by atoms with Crippen molar-refractivity contribution in [2.75, 3.05) is 33.0 Å². The zero-order valence-electron chi connectivity index (χ0n) is 8.49. The number of Topliss-reactive ketones (excluding diaryl/α,β-unsaturated/α-hetero) is 1. The third-order valence-corrected chi connectivity index (χ3v) is 1.29. The second-order valence-corrected chi connectivity index (χ2v) is 2.72. The average molecular weight is 202 g/mol. The fourth-order valence-electron chi connectivity index (χ4n) is 0.689. The van der Waals surface area contributed by atoms with Gasteiger partial charge in [0.2, 0.25) is 0 Å². The van der Waals surface area contributed by atoms with Crippen LogP contribution in [-0.2, 0) is 14.3 Å². The summed E-state index contributed by atoms with van der Waals surface area (Å²) in [6.45, 7) is 3.85. The maximum atomic E-state index is 10.5. The van der Waals surface area contributed by atoms with Crippen LogP contribution in [0.5, 0.6) is 0 Å². The third kappa shape index (κ3) is 11.2. The minimum Gasteiger partial charge on any atom is -0.376 e. The van der Waals surface area contributed by atoms with Gasteiger partial charge in [-0.15, -0.1) is 0 Å². The van der Waals surface area contributed by atoms with E-state index >= 15 is 0 Å². The van der Waals surface area contributed by atoms with E-state index in [1.54, 1.807) is 0 Å². The zero-order valence-corrected chi connectivity index (χ0v) is 8.49. The fourth-order valence-corrected chi connectivity index (χ4v) is 0.689. The number of nitrogens with two attached hydrogens (primary N) is 1. The molecule has 0 aliphatic heterocycles. The zero-order chi connectivity index (χ0) is 10.6. The summed E-state index contributed by atoms with van der Waals surface area (Å²) in [4.78, 5) is 10.5. The number of carbonyl (C=O) groups excluding carboxylic acids is 1. The highest BCUT2D eigenvalue weighted by Crippen LogP contribution is 1.81. The Bertz CT molecular complexity index is 171. The molecule has 0 saturated carbocycles. The molecule has 82 valence electrons. The number of rotatable bonds is 9. The van der Waals surface area contributed by atoms with Gasteiger partial charge in [0.15, 0.2) is 5.78 Å². The molecule has 0 aromatic rings. The lowest BCUT2D eigenvalue weighted by atomic mass is 10.5. The number of hydrogen-bond acceptors (Lipinski definition) is 5. The first-order chi connectivity index (χ1) is 6.77. The van der Waals surface area contributed by atoms with E-state index in [4.69, 9.17) is 15.3 Å². The Kier molecular flexibility index (Phi) is 9.78. The van der Waals surface area contributed by atoms with Crippen molar-refractivity contribution in [3.8, 4) is 0 Å². The van der Waals surface area contributed by atoms with Crippen LogP contribution in [0.25, 0.3) is 0 Å². The minimum atomic E-state index is 0.0312. The summed E-state index contributed by atoms with van der Waals surface area (Å²) in [5.74, 6) is 5.07. The molecule has 0 saturated heterocycles. The van der Waals surface area contributed by atoms with E-state index in [9.17, 15) is 4.79 Å². The van der Waals surface area contributed by atoms with E-state index in [1.165, 1.54) is 6.92 Å². The largest absolute Gasteiger partial charge is 0.376 e. The van der Waals surface area contributed by atoms with Gasteiger partial charge in [-0.1, -0.05) is 12.2 Å². The number of nitrogens with one attached hydrogen (secondary N) is 1. The summed E-state index contributed by atoms with van der Waals surface area (Å²) in [5, 5.41) is 0. The molecule has 0 aliphatic carbocycles. The summed E-state index contributed by atoms with van der Waals surface area (Å²) in [6.07, 6.45) is 3.66. The van der Waals surface area contributed by atoms with Crippen molar-refractivity contribution < 1.29 is 14.3 Å². The van der Waals surface area contributed by atoms with E-state index in [0.29, 0.717) is 26.4 Å². The SMILES string of the molecule is CC(=O)COC/C=C\COCCNN. The first-order valence-corrected chi connectivity index (χ1v) is 4.50. The molecule has 0 radical (unpaired) electrons. The smallest absolute Gasteiger partial charge is 0.155 e. The maximum absolute atomic E-state index is 10.5. The lowest BCUT2D eigenvalue weighted by Gasteiger charge is -1.99. The number of hydrazine groups is 1. The number of carbonyl (C=O) groups is 1. The van der Waals surface area contributed by atoms with Crippen molar-refractivity contribution >= 4 is 5.78 Å². The molecule has 3 N–H and O–H groups in total. The monoisotopic (exact) mass is 202 g/mol. The van der Waals surface area contributed by atoms with Gasteiger partial charge in [0.25, 0.3) is 0 Å². The molecule has 0 atom stereocenters. The number of ether oxygens (including phenoxy) is 2. The average Bonchev–Trinajstić information content (AvgIpc) is 2.15. The summed E-state index contributed by atoms with van der Waals surface area (Å²) in [5.41, 5.74) is 2.48. The van der Waals surface area contributed by atoms with Crippen molar-refractivity contribution in [3.05, 3.63) is 12.2 Å². The van der Waals surface area contributed by atoms with E-state index in [1.807, 2.05) is 12.2 Å². The second-order valence-electron chi connectivity index (χ2n) is 2.72. The van der Waals surface area contributed by atoms with Crippen LogP contribution in [0.2, 0.25) is 0 Å². The Morgan fingerprint density at radius 2 is 2.00 bits per heavy atom. The van der Waals surface area contributed by atoms with Crippen molar-refractivity contribution in [1.29, 1.82) is 0 Å². The van der Waals surface area contributed by atoms with Crippen LogP contribution in [0.3, 0.4) is 0 Å². The van der Waals surface area contributed by atoms with Crippen molar-refractivity contribution in [3.63, 3.8) is 0 Å². The molecule has 0 spiro atoms. The fraction of sp³-hybridized carbons (Fsp3) is 0.667. The van der Waals surface area contributed by atoms with Gasteiger partial charge in [0.1, 0.15) is 6.61 Å². The molecule has 0 rings (SSSR count). The normalized spacial score (nSPS) is 11.0. The molecule has 5 nitrogen and oxygen atoms in total. The molecule has 0 fully saturated rings. The molecule has 0 amide bonds. The summed E-state index contributed by atoms with van der Waals surface area (Å²) >= 11 is 0. The van der Waals surface area contributed by atoms with Crippen LogP contribution >= 0.6 is 0 Å². The highest BCUT2D eigenvalue weighted by atomic mass is 16.5. The molecule has 0 bridgehead atoms. The van der Waals surface area contributed by atoms with E-state index in [0.717, 1.165) is 0 Å². The lowest BCUT2D eigenvalue weighted by Crippen LogP contribution is -2.26. The Morgan fingerprint density at radius 3 is 2.57 bits per heavy atom. The Morgan fingerprint density at radius 1 is 1.36 bits per heavy atom. The highest BCUT2D eigenvalue weighted by molar-refractivity contribution is 5.76. The van der Waals surface area contributed by atoms with Crippen LogP contribution in [0, 0.1) is 0 Å².